The van der Waals surface area contributed by atoms with Gasteiger partial charge < -0.3 is 5.32 Å². The summed E-state index contributed by atoms with van der Waals surface area (Å²) in [5.74, 6) is -1.64. The highest BCUT2D eigenvalue weighted by molar-refractivity contribution is 5.97. The van der Waals surface area contributed by atoms with E-state index in [4.69, 9.17) is 0 Å². The molecule has 1 amide bonds. The molecule has 1 atom stereocenters. The van der Waals surface area contributed by atoms with Crippen molar-refractivity contribution >= 4 is 23.2 Å². The summed E-state index contributed by atoms with van der Waals surface area (Å²) in [4.78, 5) is 14.6. The highest BCUT2D eigenvalue weighted by Crippen LogP contribution is 2.36. The zero-order valence-corrected chi connectivity index (χ0v) is 19.1. The molecule has 0 saturated carbocycles. The molecule has 1 N–H and O–H groups in total. The number of carbonyl (C=O) groups is 1. The molecule has 4 aromatic rings. The average molecular weight is 472 g/mol. The number of carbonyl (C=O) groups excluding carboxylic acids is 1. The molecule has 0 bridgehead atoms. The Balaban J connectivity index is 1.53. The van der Waals surface area contributed by atoms with Crippen LogP contribution in [0.2, 0.25) is 0 Å². The Kier molecular flexibility index (Phi) is 5.82. The van der Waals surface area contributed by atoms with Gasteiger partial charge in [0, 0.05) is 11.8 Å². The van der Waals surface area contributed by atoms with Gasteiger partial charge in [-0.25, -0.2) is 8.78 Å². The van der Waals surface area contributed by atoms with Crippen LogP contribution in [0.5, 0.6) is 0 Å². The topological polar surface area (TPSA) is 75.9 Å². The first kappa shape index (κ1) is 22.4. The fraction of sp³-hybridized carbons (Fsp3) is 0.154. The zero-order chi connectivity index (χ0) is 24.5. The molecule has 1 aromatic heterocycles. The summed E-state index contributed by atoms with van der Waals surface area (Å²) in [6.45, 7) is 3.85. The molecule has 0 aliphatic carbocycles. The number of aryl methyl sites for hydroxylation is 2. The molecule has 176 valence electrons. The van der Waals surface area contributed by atoms with Gasteiger partial charge >= 0.3 is 0 Å². The summed E-state index contributed by atoms with van der Waals surface area (Å²) < 4.78 is 28.8. The molecule has 0 radical (unpaired) electrons. The molecule has 0 fully saturated rings. The number of hydrogen-bond acceptors (Lipinski definition) is 5. The fourth-order valence-corrected chi connectivity index (χ4v) is 4.07. The molecule has 9 heteroatoms. The Hall–Kier alpha value is -4.40. The lowest BCUT2D eigenvalue weighted by Crippen LogP contribution is -2.37. The highest BCUT2D eigenvalue weighted by atomic mass is 19.1. The summed E-state index contributed by atoms with van der Waals surface area (Å²) in [5.41, 5.74) is 4.89. The Bertz CT molecular complexity index is 1390. The van der Waals surface area contributed by atoms with E-state index in [1.54, 1.807) is 9.58 Å². The van der Waals surface area contributed by atoms with E-state index in [1.807, 2.05) is 68.5 Å². The number of anilines is 2. The van der Waals surface area contributed by atoms with E-state index < -0.39 is 17.5 Å². The van der Waals surface area contributed by atoms with Crippen LogP contribution >= 0.6 is 0 Å². The van der Waals surface area contributed by atoms with E-state index in [0.717, 1.165) is 46.1 Å². The van der Waals surface area contributed by atoms with Crippen LogP contribution in [0.25, 0.3) is 5.70 Å². The summed E-state index contributed by atoms with van der Waals surface area (Å²) in [5, 5.41) is 14.8. The Morgan fingerprint density at radius 1 is 0.943 bits per heavy atom. The number of nitrogens with one attached hydrogen (secondary N) is 1. The molecular weight excluding hydrogens is 450 g/mol. The first-order valence-corrected chi connectivity index (χ1v) is 11.0. The largest absolute Gasteiger partial charge is 0.324 e. The van der Waals surface area contributed by atoms with Crippen LogP contribution in [-0.2, 0) is 4.79 Å². The molecule has 3 aromatic carbocycles. The lowest BCUT2D eigenvalue weighted by atomic mass is 9.99. The SMILES string of the molecule is Cc1ccc(C2=C[C@@H](c3ccc(C)cc3)n3nnnc3N2CC(=O)Nc2cc(F)cc(F)c2)cc1. The number of rotatable bonds is 5. The molecule has 2 heterocycles. The number of aromatic nitrogens is 4. The van der Waals surface area contributed by atoms with E-state index in [-0.39, 0.29) is 18.3 Å². The number of amides is 1. The van der Waals surface area contributed by atoms with Gasteiger partial charge in [0.2, 0.25) is 5.91 Å². The van der Waals surface area contributed by atoms with Gasteiger partial charge in [-0.3, -0.25) is 9.69 Å². The predicted molar refractivity (Wildman–Crippen MR) is 129 cm³/mol. The van der Waals surface area contributed by atoms with Crippen molar-refractivity contribution in [3.8, 4) is 0 Å². The van der Waals surface area contributed by atoms with Crippen molar-refractivity contribution in [2.24, 2.45) is 0 Å². The summed E-state index contributed by atoms with van der Waals surface area (Å²) in [7, 11) is 0. The highest BCUT2D eigenvalue weighted by Gasteiger charge is 2.32. The molecule has 1 aliphatic heterocycles. The van der Waals surface area contributed by atoms with Gasteiger partial charge in [0.15, 0.2) is 0 Å². The van der Waals surface area contributed by atoms with Crippen molar-refractivity contribution in [2.75, 3.05) is 16.8 Å². The van der Waals surface area contributed by atoms with Crippen LogP contribution in [-0.4, -0.2) is 32.7 Å². The fourth-order valence-electron chi connectivity index (χ4n) is 4.07. The van der Waals surface area contributed by atoms with Crippen LogP contribution in [0.4, 0.5) is 20.4 Å². The molecule has 0 saturated heterocycles. The first-order valence-electron chi connectivity index (χ1n) is 11.0. The van der Waals surface area contributed by atoms with E-state index in [0.29, 0.717) is 5.95 Å². The molecule has 7 nitrogen and oxygen atoms in total. The molecule has 1 aliphatic rings. The second-order valence-electron chi connectivity index (χ2n) is 8.49. The number of halogens is 2. The van der Waals surface area contributed by atoms with Crippen LogP contribution in [0, 0.1) is 25.5 Å². The molecule has 5 rings (SSSR count). The van der Waals surface area contributed by atoms with Crippen molar-refractivity contribution in [3.63, 3.8) is 0 Å². The van der Waals surface area contributed by atoms with Gasteiger partial charge in [-0.15, -0.1) is 0 Å². The standard InChI is InChI=1S/C26H22F2N6O/c1-16-3-7-18(8-4-16)23-14-24(19-9-5-17(2)6-10-19)34-26(30-31-32-34)33(23)15-25(35)29-22-12-20(27)11-21(28)13-22/h3-14,24H,15H2,1-2H3,(H,29,35)/t24-/m0/s1. The quantitative estimate of drug-likeness (QED) is 0.457. The van der Waals surface area contributed by atoms with Crippen molar-refractivity contribution in [2.45, 2.75) is 19.9 Å². The van der Waals surface area contributed by atoms with Crippen LogP contribution in [0.15, 0.2) is 72.8 Å². The van der Waals surface area contributed by atoms with Gasteiger partial charge in [0.1, 0.15) is 24.2 Å². The summed E-state index contributed by atoms with van der Waals surface area (Å²) in [6, 6.07) is 18.6. The number of allylic oxidation sites excluding steroid dienone is 1. The summed E-state index contributed by atoms with van der Waals surface area (Å²) >= 11 is 0. The lowest BCUT2D eigenvalue weighted by Gasteiger charge is -2.32. The van der Waals surface area contributed by atoms with E-state index in [1.165, 1.54) is 0 Å². The third-order valence-electron chi connectivity index (χ3n) is 5.80. The van der Waals surface area contributed by atoms with E-state index in [2.05, 4.69) is 20.8 Å². The number of nitrogens with zero attached hydrogens (tertiary/aromatic N) is 5. The van der Waals surface area contributed by atoms with Crippen molar-refractivity contribution in [1.82, 2.24) is 20.2 Å². The smallest absolute Gasteiger partial charge is 0.251 e. The van der Waals surface area contributed by atoms with Crippen molar-refractivity contribution in [3.05, 3.63) is 107 Å². The van der Waals surface area contributed by atoms with Crippen molar-refractivity contribution < 1.29 is 13.6 Å². The minimum Gasteiger partial charge on any atom is -0.324 e. The second-order valence-corrected chi connectivity index (χ2v) is 8.49. The molecule has 0 unspecified atom stereocenters. The Morgan fingerprint density at radius 2 is 1.57 bits per heavy atom. The van der Waals surface area contributed by atoms with Gasteiger partial charge in [0.25, 0.3) is 5.95 Å². The number of tetrazole rings is 1. The normalized spacial score (nSPS) is 14.9. The number of benzene rings is 3. The Morgan fingerprint density at radius 3 is 2.23 bits per heavy atom. The first-order chi connectivity index (χ1) is 16.9. The van der Waals surface area contributed by atoms with Crippen molar-refractivity contribution in [1.29, 1.82) is 0 Å². The second kappa shape index (κ2) is 9.09. The predicted octanol–water partition coefficient (Wildman–Crippen LogP) is 4.66. The van der Waals surface area contributed by atoms with Gasteiger partial charge in [-0.05, 0) is 53.6 Å². The minimum atomic E-state index is -0.775. The van der Waals surface area contributed by atoms with Crippen LogP contribution in [0.3, 0.4) is 0 Å². The maximum atomic E-state index is 13.6. The van der Waals surface area contributed by atoms with E-state index >= 15 is 0 Å². The number of hydrogen-bond donors (Lipinski definition) is 1. The zero-order valence-electron chi connectivity index (χ0n) is 19.1. The average Bonchev–Trinajstić information content (AvgIpc) is 3.30. The van der Waals surface area contributed by atoms with Gasteiger partial charge in [-0.1, -0.05) is 64.8 Å². The molecular formula is C26H22F2N6O. The maximum absolute atomic E-state index is 13.6. The lowest BCUT2D eigenvalue weighted by molar-refractivity contribution is -0.114. The maximum Gasteiger partial charge on any atom is 0.251 e. The molecule has 0 spiro atoms. The summed E-state index contributed by atoms with van der Waals surface area (Å²) in [6.07, 6.45) is 2.01. The third-order valence-corrected chi connectivity index (χ3v) is 5.80. The van der Waals surface area contributed by atoms with Crippen LogP contribution in [0.1, 0.15) is 28.3 Å². The van der Waals surface area contributed by atoms with E-state index in [9.17, 15) is 13.6 Å². The number of fused-ring (bicyclic) bond motifs is 1. The monoisotopic (exact) mass is 472 g/mol. The van der Waals surface area contributed by atoms with Crippen LogP contribution < -0.4 is 10.2 Å². The minimum absolute atomic E-state index is 0.0301. The Labute approximate surface area is 200 Å². The third kappa shape index (κ3) is 4.65. The van der Waals surface area contributed by atoms with Gasteiger partial charge in [-0.2, -0.15) is 4.68 Å². The van der Waals surface area contributed by atoms with Gasteiger partial charge in [0.05, 0.1) is 5.70 Å². The molecule has 35 heavy (non-hydrogen) atoms.